The van der Waals surface area contributed by atoms with E-state index in [0.717, 1.165) is 37.3 Å². The molecule has 1 unspecified atom stereocenters. The summed E-state index contributed by atoms with van der Waals surface area (Å²) < 4.78 is 27.4. The first-order valence-electron chi connectivity index (χ1n) is 11.6. The molecule has 180 valence electrons. The maximum absolute atomic E-state index is 13.4. The number of hydrogen-bond donors (Lipinski definition) is 1. The summed E-state index contributed by atoms with van der Waals surface area (Å²) in [6, 6.07) is 14.6. The van der Waals surface area contributed by atoms with Crippen molar-refractivity contribution in [2.75, 3.05) is 52.9 Å². The van der Waals surface area contributed by atoms with Crippen molar-refractivity contribution in [1.82, 2.24) is 19.4 Å². The minimum absolute atomic E-state index is 0.150. The van der Waals surface area contributed by atoms with Gasteiger partial charge in [0, 0.05) is 51.4 Å². The largest absolute Gasteiger partial charge is 0.344 e. The molecule has 0 aromatic heterocycles. The van der Waals surface area contributed by atoms with Gasteiger partial charge in [-0.3, -0.25) is 9.69 Å². The fraction of sp³-hybridized carbons (Fsp3) is 0.480. The Morgan fingerprint density at radius 2 is 1.67 bits per heavy atom. The van der Waals surface area contributed by atoms with E-state index in [2.05, 4.69) is 22.2 Å². The zero-order valence-corrected chi connectivity index (χ0v) is 20.9. The van der Waals surface area contributed by atoms with Gasteiger partial charge in [0.2, 0.25) is 10.0 Å². The van der Waals surface area contributed by atoms with Crippen molar-refractivity contribution in [2.24, 2.45) is 0 Å². The number of hydrogen-bond acceptors (Lipinski definition) is 5. The molecule has 1 heterocycles. The summed E-state index contributed by atoms with van der Waals surface area (Å²) in [5.41, 5.74) is 2.18. The SMILES string of the molecule is CCN(CC)S(=O)(=O)c1ccc(C)c(C(=O)NC(CN2CCN(C)CC2)c2ccccc2)c1. The lowest BCUT2D eigenvalue weighted by atomic mass is 10.0. The third-order valence-electron chi connectivity index (χ3n) is 6.34. The average molecular weight is 473 g/mol. The quantitative estimate of drug-likeness (QED) is 0.608. The van der Waals surface area contributed by atoms with Crippen LogP contribution in [0.5, 0.6) is 0 Å². The zero-order valence-electron chi connectivity index (χ0n) is 20.1. The van der Waals surface area contributed by atoms with Crippen LogP contribution >= 0.6 is 0 Å². The van der Waals surface area contributed by atoms with E-state index in [1.807, 2.05) is 51.1 Å². The summed E-state index contributed by atoms with van der Waals surface area (Å²) in [5, 5.41) is 3.18. The third kappa shape index (κ3) is 6.20. The summed E-state index contributed by atoms with van der Waals surface area (Å²) in [4.78, 5) is 18.2. The van der Waals surface area contributed by atoms with Crippen molar-refractivity contribution in [2.45, 2.75) is 31.7 Å². The molecular formula is C25H36N4O3S. The number of benzene rings is 2. The molecule has 0 spiro atoms. The summed E-state index contributed by atoms with van der Waals surface area (Å²) in [6.07, 6.45) is 0. The maximum atomic E-state index is 13.4. The monoisotopic (exact) mass is 472 g/mol. The van der Waals surface area contributed by atoms with Crippen molar-refractivity contribution in [3.8, 4) is 0 Å². The van der Waals surface area contributed by atoms with Gasteiger partial charge in [-0.25, -0.2) is 8.42 Å². The molecule has 0 aliphatic carbocycles. The van der Waals surface area contributed by atoms with Crippen LogP contribution in [0.3, 0.4) is 0 Å². The van der Waals surface area contributed by atoms with Gasteiger partial charge < -0.3 is 10.2 Å². The Hall–Kier alpha value is -2.26. The van der Waals surface area contributed by atoms with Crippen LogP contribution in [0.4, 0.5) is 0 Å². The molecule has 3 rings (SSSR count). The molecule has 0 radical (unpaired) electrons. The fourth-order valence-corrected chi connectivity index (χ4v) is 5.65. The predicted molar refractivity (Wildman–Crippen MR) is 132 cm³/mol. The Balaban J connectivity index is 1.86. The number of piperazine rings is 1. The number of nitrogens with one attached hydrogen (secondary N) is 1. The molecule has 1 amide bonds. The van der Waals surface area contributed by atoms with Gasteiger partial charge in [-0.15, -0.1) is 0 Å². The topological polar surface area (TPSA) is 73.0 Å². The van der Waals surface area contributed by atoms with Crippen LogP contribution in [0.15, 0.2) is 53.4 Å². The molecule has 8 heteroatoms. The van der Waals surface area contributed by atoms with Crippen LogP contribution in [0.25, 0.3) is 0 Å². The number of aryl methyl sites for hydroxylation is 1. The molecule has 1 aliphatic heterocycles. The van der Waals surface area contributed by atoms with Crippen LogP contribution in [0.2, 0.25) is 0 Å². The molecule has 1 atom stereocenters. The number of likely N-dealkylation sites (N-methyl/N-ethyl adjacent to an activating group) is 1. The Morgan fingerprint density at radius 1 is 1.03 bits per heavy atom. The van der Waals surface area contributed by atoms with Crippen LogP contribution in [0, 0.1) is 6.92 Å². The van der Waals surface area contributed by atoms with E-state index < -0.39 is 10.0 Å². The Morgan fingerprint density at radius 3 is 2.27 bits per heavy atom. The number of sulfonamides is 1. The number of carbonyl (C=O) groups is 1. The highest BCUT2D eigenvalue weighted by Gasteiger charge is 2.25. The number of amides is 1. The van der Waals surface area contributed by atoms with Gasteiger partial charge in [-0.2, -0.15) is 4.31 Å². The molecule has 0 bridgehead atoms. The molecule has 0 saturated carbocycles. The lowest BCUT2D eigenvalue weighted by Crippen LogP contribution is -2.47. The van der Waals surface area contributed by atoms with E-state index in [-0.39, 0.29) is 16.8 Å². The standard InChI is InChI=1S/C25H36N4O3S/c1-5-29(6-2)33(31,32)22-13-12-20(3)23(18-22)25(30)26-24(21-10-8-7-9-11-21)19-28-16-14-27(4)15-17-28/h7-13,18,24H,5-6,14-17,19H2,1-4H3,(H,26,30). The zero-order chi connectivity index (χ0) is 24.0. The van der Waals surface area contributed by atoms with E-state index in [1.165, 1.54) is 10.4 Å². The molecule has 1 N–H and O–H groups in total. The Bertz CT molecular complexity index is 1030. The van der Waals surface area contributed by atoms with E-state index in [0.29, 0.717) is 25.2 Å². The Labute approximate surface area is 198 Å². The first-order chi connectivity index (χ1) is 15.8. The van der Waals surface area contributed by atoms with Crippen molar-refractivity contribution < 1.29 is 13.2 Å². The highest BCUT2D eigenvalue weighted by atomic mass is 32.2. The molecule has 1 aliphatic rings. The van der Waals surface area contributed by atoms with Crippen LogP contribution in [-0.2, 0) is 10.0 Å². The molecule has 33 heavy (non-hydrogen) atoms. The van der Waals surface area contributed by atoms with E-state index >= 15 is 0 Å². The van der Waals surface area contributed by atoms with Crippen LogP contribution in [-0.4, -0.2) is 81.3 Å². The summed E-state index contributed by atoms with van der Waals surface area (Å²) in [6.45, 7) is 10.8. The van der Waals surface area contributed by atoms with Gasteiger partial charge in [0.1, 0.15) is 0 Å². The van der Waals surface area contributed by atoms with Gasteiger partial charge in [0.15, 0.2) is 0 Å². The first-order valence-corrected chi connectivity index (χ1v) is 13.1. The molecular weight excluding hydrogens is 436 g/mol. The Kier molecular flexibility index (Phi) is 8.64. The summed E-state index contributed by atoms with van der Waals surface area (Å²) >= 11 is 0. The second-order valence-electron chi connectivity index (χ2n) is 8.61. The van der Waals surface area contributed by atoms with Gasteiger partial charge in [0.25, 0.3) is 5.91 Å². The lowest BCUT2D eigenvalue weighted by molar-refractivity contribution is 0.0906. The van der Waals surface area contributed by atoms with Crippen LogP contribution < -0.4 is 5.32 Å². The van der Waals surface area contributed by atoms with Crippen molar-refractivity contribution >= 4 is 15.9 Å². The molecule has 1 fully saturated rings. The second kappa shape index (κ2) is 11.2. The first kappa shape index (κ1) is 25.4. The molecule has 7 nitrogen and oxygen atoms in total. The normalized spacial score (nSPS) is 16.6. The minimum atomic E-state index is -3.64. The second-order valence-corrected chi connectivity index (χ2v) is 10.5. The van der Waals surface area contributed by atoms with Gasteiger partial charge in [-0.1, -0.05) is 50.2 Å². The molecule has 1 saturated heterocycles. The van der Waals surface area contributed by atoms with Crippen molar-refractivity contribution in [3.05, 3.63) is 65.2 Å². The van der Waals surface area contributed by atoms with Gasteiger partial charge >= 0.3 is 0 Å². The highest BCUT2D eigenvalue weighted by Crippen LogP contribution is 2.22. The maximum Gasteiger partial charge on any atom is 0.252 e. The van der Waals surface area contributed by atoms with Crippen molar-refractivity contribution in [1.29, 1.82) is 0 Å². The fourth-order valence-electron chi connectivity index (χ4n) is 4.16. The van der Waals surface area contributed by atoms with E-state index in [4.69, 9.17) is 0 Å². The molecule has 2 aromatic rings. The summed E-state index contributed by atoms with van der Waals surface area (Å²) in [7, 11) is -1.52. The van der Waals surface area contributed by atoms with E-state index in [1.54, 1.807) is 12.1 Å². The van der Waals surface area contributed by atoms with Gasteiger partial charge in [0.05, 0.1) is 10.9 Å². The number of rotatable bonds is 9. The third-order valence-corrected chi connectivity index (χ3v) is 8.39. The number of carbonyl (C=O) groups excluding carboxylic acids is 1. The number of nitrogens with zero attached hydrogens (tertiary/aromatic N) is 3. The molecule has 2 aromatic carbocycles. The lowest BCUT2D eigenvalue weighted by Gasteiger charge is -2.35. The average Bonchev–Trinajstić information content (AvgIpc) is 2.81. The minimum Gasteiger partial charge on any atom is -0.344 e. The predicted octanol–water partition coefficient (Wildman–Crippen LogP) is 2.74. The smallest absolute Gasteiger partial charge is 0.252 e. The van der Waals surface area contributed by atoms with E-state index in [9.17, 15) is 13.2 Å². The van der Waals surface area contributed by atoms with Crippen LogP contribution in [0.1, 0.15) is 41.4 Å². The highest BCUT2D eigenvalue weighted by molar-refractivity contribution is 7.89. The van der Waals surface area contributed by atoms with Crippen molar-refractivity contribution in [3.63, 3.8) is 0 Å². The summed E-state index contributed by atoms with van der Waals surface area (Å²) in [5.74, 6) is -0.257. The van der Waals surface area contributed by atoms with Gasteiger partial charge in [-0.05, 0) is 37.2 Å².